The van der Waals surface area contributed by atoms with E-state index in [1.165, 1.54) is 0 Å². The Morgan fingerprint density at radius 1 is 1.23 bits per heavy atom. The van der Waals surface area contributed by atoms with Crippen LogP contribution in [0.4, 0.5) is 8.78 Å². The van der Waals surface area contributed by atoms with Gasteiger partial charge in [0.05, 0.1) is 4.47 Å². The molecule has 0 unspecified atom stereocenters. The van der Waals surface area contributed by atoms with Gasteiger partial charge in [0.25, 0.3) is 0 Å². The molecule has 0 aromatic heterocycles. The molecule has 0 amide bonds. The van der Waals surface area contributed by atoms with E-state index in [0.29, 0.717) is 24.9 Å². The molecule has 1 aromatic rings. The lowest BCUT2D eigenvalue weighted by atomic mass is 10.1. The van der Waals surface area contributed by atoms with Gasteiger partial charge in [-0.1, -0.05) is 0 Å². The average molecular weight is 250 g/mol. The van der Waals surface area contributed by atoms with E-state index in [1.807, 2.05) is 0 Å². The number of rotatable bonds is 3. The first-order valence-corrected chi connectivity index (χ1v) is 4.78. The summed E-state index contributed by atoms with van der Waals surface area (Å²) in [4.78, 5) is 0. The van der Waals surface area contributed by atoms with E-state index >= 15 is 0 Å². The van der Waals surface area contributed by atoms with Crippen molar-refractivity contribution >= 4 is 15.9 Å². The second-order valence-corrected chi connectivity index (χ2v) is 3.51. The summed E-state index contributed by atoms with van der Waals surface area (Å²) >= 11 is 3.01. The molecule has 0 bridgehead atoms. The monoisotopic (exact) mass is 249 g/mol. The summed E-state index contributed by atoms with van der Waals surface area (Å²) in [6.45, 7) is 0.475. The zero-order valence-electron chi connectivity index (χ0n) is 6.99. The van der Waals surface area contributed by atoms with Gasteiger partial charge in [0, 0.05) is 5.56 Å². The summed E-state index contributed by atoms with van der Waals surface area (Å²) in [6, 6.07) is 2.23. The SMILES string of the molecule is NCCCc1c(F)ccc(F)c1Br. The fourth-order valence-corrected chi connectivity index (χ4v) is 1.60. The molecule has 2 N–H and O–H groups in total. The minimum Gasteiger partial charge on any atom is -0.330 e. The first kappa shape index (κ1) is 10.6. The van der Waals surface area contributed by atoms with Gasteiger partial charge in [-0.2, -0.15) is 0 Å². The van der Waals surface area contributed by atoms with Crippen molar-refractivity contribution in [1.29, 1.82) is 0 Å². The third kappa shape index (κ3) is 2.48. The Labute approximate surface area is 84.1 Å². The summed E-state index contributed by atoms with van der Waals surface area (Å²) in [5.41, 5.74) is 5.65. The zero-order valence-corrected chi connectivity index (χ0v) is 8.57. The van der Waals surface area contributed by atoms with Crippen LogP contribution < -0.4 is 5.73 Å². The molecule has 0 saturated heterocycles. The highest BCUT2D eigenvalue weighted by Crippen LogP contribution is 2.24. The first-order valence-electron chi connectivity index (χ1n) is 3.99. The van der Waals surface area contributed by atoms with Gasteiger partial charge < -0.3 is 5.73 Å². The maximum Gasteiger partial charge on any atom is 0.137 e. The second kappa shape index (κ2) is 4.67. The Morgan fingerprint density at radius 3 is 2.46 bits per heavy atom. The van der Waals surface area contributed by atoms with Crippen molar-refractivity contribution in [1.82, 2.24) is 0 Å². The van der Waals surface area contributed by atoms with Gasteiger partial charge in [-0.25, -0.2) is 8.78 Å². The molecule has 4 heteroatoms. The number of nitrogens with two attached hydrogens (primary N) is 1. The van der Waals surface area contributed by atoms with E-state index in [0.717, 1.165) is 12.1 Å². The lowest BCUT2D eigenvalue weighted by molar-refractivity contribution is 0.575. The lowest BCUT2D eigenvalue weighted by Crippen LogP contribution is -2.03. The smallest absolute Gasteiger partial charge is 0.137 e. The number of hydrogen-bond donors (Lipinski definition) is 1. The summed E-state index contributed by atoms with van der Waals surface area (Å²) in [6.07, 6.45) is 1.11. The maximum absolute atomic E-state index is 13.1. The molecule has 0 aliphatic heterocycles. The van der Waals surface area contributed by atoms with Crippen molar-refractivity contribution < 1.29 is 8.78 Å². The molecule has 0 fully saturated rings. The summed E-state index contributed by atoms with van der Waals surface area (Å²) in [5, 5.41) is 0. The Kier molecular flexibility index (Phi) is 3.81. The fourth-order valence-electron chi connectivity index (χ4n) is 1.08. The maximum atomic E-state index is 13.1. The number of benzene rings is 1. The quantitative estimate of drug-likeness (QED) is 0.820. The molecule has 0 atom stereocenters. The number of hydrogen-bond acceptors (Lipinski definition) is 1. The standard InChI is InChI=1S/C9H10BrF2N/c10-9-6(2-1-5-13)7(11)3-4-8(9)12/h3-4H,1-2,5,13H2. The predicted octanol–water partition coefficient (Wildman–Crippen LogP) is 2.62. The molecule has 13 heavy (non-hydrogen) atoms. The number of halogens is 3. The van der Waals surface area contributed by atoms with Crippen LogP contribution in [-0.2, 0) is 6.42 Å². The Balaban J connectivity index is 2.96. The van der Waals surface area contributed by atoms with Crippen LogP contribution in [0.25, 0.3) is 0 Å². The molecular weight excluding hydrogens is 240 g/mol. The molecule has 0 spiro atoms. The van der Waals surface area contributed by atoms with Crippen LogP contribution in [0.3, 0.4) is 0 Å². The van der Waals surface area contributed by atoms with E-state index in [9.17, 15) is 8.78 Å². The predicted molar refractivity (Wildman–Crippen MR) is 51.4 cm³/mol. The molecule has 1 rings (SSSR count). The molecule has 0 heterocycles. The summed E-state index contributed by atoms with van der Waals surface area (Å²) in [7, 11) is 0. The molecule has 1 aromatic carbocycles. The van der Waals surface area contributed by atoms with Gasteiger partial charge >= 0.3 is 0 Å². The van der Waals surface area contributed by atoms with Gasteiger partial charge in [0.1, 0.15) is 11.6 Å². The van der Waals surface area contributed by atoms with Crippen molar-refractivity contribution in [3.05, 3.63) is 33.8 Å². The van der Waals surface area contributed by atoms with Gasteiger partial charge in [-0.05, 0) is 47.4 Å². The van der Waals surface area contributed by atoms with Gasteiger partial charge in [0.15, 0.2) is 0 Å². The average Bonchev–Trinajstić information content (AvgIpc) is 2.12. The first-order chi connectivity index (χ1) is 6.16. The van der Waals surface area contributed by atoms with Crippen LogP contribution in [0.15, 0.2) is 16.6 Å². The molecule has 0 aliphatic rings. The van der Waals surface area contributed by atoms with Crippen molar-refractivity contribution in [3.63, 3.8) is 0 Å². The van der Waals surface area contributed by atoms with E-state index in [2.05, 4.69) is 15.9 Å². The molecule has 0 radical (unpaired) electrons. The lowest BCUT2D eigenvalue weighted by Gasteiger charge is -2.05. The molecule has 0 aliphatic carbocycles. The van der Waals surface area contributed by atoms with Crippen LogP contribution in [0.1, 0.15) is 12.0 Å². The minimum absolute atomic E-state index is 0.209. The zero-order chi connectivity index (χ0) is 9.84. The van der Waals surface area contributed by atoms with E-state index in [1.54, 1.807) is 0 Å². The van der Waals surface area contributed by atoms with E-state index < -0.39 is 5.82 Å². The molecule has 72 valence electrons. The summed E-state index contributed by atoms with van der Waals surface area (Å²) < 4.78 is 26.3. The van der Waals surface area contributed by atoms with Gasteiger partial charge in [-0.15, -0.1) is 0 Å². The highest BCUT2D eigenvalue weighted by atomic mass is 79.9. The van der Waals surface area contributed by atoms with E-state index in [4.69, 9.17) is 5.73 Å². The Morgan fingerprint density at radius 2 is 1.85 bits per heavy atom. The largest absolute Gasteiger partial charge is 0.330 e. The van der Waals surface area contributed by atoms with E-state index in [-0.39, 0.29) is 10.3 Å². The van der Waals surface area contributed by atoms with Crippen LogP contribution in [0, 0.1) is 11.6 Å². The molecule has 0 saturated carbocycles. The Hall–Kier alpha value is -0.480. The third-order valence-electron chi connectivity index (χ3n) is 1.77. The van der Waals surface area contributed by atoms with Crippen molar-refractivity contribution in [2.45, 2.75) is 12.8 Å². The van der Waals surface area contributed by atoms with Crippen molar-refractivity contribution in [2.75, 3.05) is 6.54 Å². The van der Waals surface area contributed by atoms with Crippen molar-refractivity contribution in [3.8, 4) is 0 Å². The van der Waals surface area contributed by atoms with Crippen LogP contribution in [0.5, 0.6) is 0 Å². The Bertz CT molecular complexity index is 302. The minimum atomic E-state index is -0.437. The van der Waals surface area contributed by atoms with Crippen LogP contribution in [0.2, 0.25) is 0 Å². The molecule has 1 nitrogen and oxygen atoms in total. The van der Waals surface area contributed by atoms with Crippen LogP contribution in [-0.4, -0.2) is 6.54 Å². The van der Waals surface area contributed by atoms with Crippen molar-refractivity contribution in [2.24, 2.45) is 5.73 Å². The fraction of sp³-hybridized carbons (Fsp3) is 0.333. The normalized spacial score (nSPS) is 10.5. The topological polar surface area (TPSA) is 26.0 Å². The summed E-state index contributed by atoms with van der Waals surface area (Å²) in [5.74, 6) is -0.824. The third-order valence-corrected chi connectivity index (χ3v) is 2.63. The van der Waals surface area contributed by atoms with Gasteiger partial charge in [-0.3, -0.25) is 0 Å². The second-order valence-electron chi connectivity index (χ2n) is 2.71. The van der Waals surface area contributed by atoms with Crippen LogP contribution >= 0.6 is 15.9 Å². The van der Waals surface area contributed by atoms with Gasteiger partial charge in [0.2, 0.25) is 0 Å². The highest BCUT2D eigenvalue weighted by Gasteiger charge is 2.10. The molecular formula is C9H10BrF2N. The highest BCUT2D eigenvalue weighted by molar-refractivity contribution is 9.10.